The summed E-state index contributed by atoms with van der Waals surface area (Å²) in [7, 11) is 0. The van der Waals surface area contributed by atoms with Crippen molar-refractivity contribution in [2.24, 2.45) is 34.4 Å². The zero-order valence-corrected chi connectivity index (χ0v) is 21.6. The van der Waals surface area contributed by atoms with E-state index in [4.69, 9.17) is 53.3 Å². The second-order valence-electron chi connectivity index (χ2n) is 10.4. The lowest BCUT2D eigenvalue weighted by molar-refractivity contribution is -0.315. The quantitative estimate of drug-likeness (QED) is 0.117. The second kappa shape index (κ2) is 14.2. The van der Waals surface area contributed by atoms with Crippen molar-refractivity contribution in [1.29, 1.82) is 0 Å². The van der Waals surface area contributed by atoms with Crippen LogP contribution < -0.4 is 39.7 Å². The lowest BCUT2D eigenvalue weighted by Crippen LogP contribution is -2.70. The van der Waals surface area contributed by atoms with Gasteiger partial charge in [0.15, 0.2) is 12.6 Å². The fourth-order valence-corrected chi connectivity index (χ4v) is 5.17. The molecule has 0 bridgehead atoms. The summed E-state index contributed by atoms with van der Waals surface area (Å²) in [6.07, 6.45) is -11.9. The molecular formula is C22H45N7O10. The smallest absolute Gasteiger partial charge is 0.220 e. The molecule has 0 radical (unpaired) electrons. The molecule has 18 N–H and O–H groups in total. The van der Waals surface area contributed by atoms with Crippen molar-refractivity contribution in [3.63, 3.8) is 0 Å². The minimum Gasteiger partial charge on any atom is -0.394 e. The number of rotatable bonds is 10. The Hall–Kier alpha value is -1.13. The van der Waals surface area contributed by atoms with Gasteiger partial charge in [-0.15, -0.1) is 0 Å². The molecule has 15 atom stereocenters. The summed E-state index contributed by atoms with van der Waals surface area (Å²) in [4.78, 5) is 12.2. The van der Waals surface area contributed by atoms with E-state index < -0.39 is 98.2 Å². The van der Waals surface area contributed by atoms with Crippen molar-refractivity contribution < 1.29 is 49.3 Å². The van der Waals surface area contributed by atoms with E-state index in [0.29, 0.717) is 13.0 Å². The molecule has 2 heterocycles. The maximum absolute atomic E-state index is 12.2. The van der Waals surface area contributed by atoms with Crippen molar-refractivity contribution in [1.82, 2.24) is 5.32 Å². The summed E-state index contributed by atoms with van der Waals surface area (Å²) in [5.74, 6) is -0.348. The first kappa shape index (κ1) is 32.4. The van der Waals surface area contributed by atoms with Crippen molar-refractivity contribution in [3.8, 4) is 0 Å². The molecule has 1 aliphatic carbocycles. The van der Waals surface area contributed by atoms with Gasteiger partial charge in [0.1, 0.15) is 36.6 Å². The lowest BCUT2D eigenvalue weighted by Gasteiger charge is -2.48. The first-order chi connectivity index (χ1) is 18.4. The number of aliphatic hydroxyl groups is 5. The molecule has 2 aliphatic heterocycles. The van der Waals surface area contributed by atoms with Crippen LogP contribution in [0.1, 0.15) is 19.3 Å². The van der Waals surface area contributed by atoms with Crippen LogP contribution in [0.25, 0.3) is 0 Å². The molecule has 1 saturated carbocycles. The number of amides is 1. The molecule has 17 heteroatoms. The van der Waals surface area contributed by atoms with Crippen LogP contribution in [0.15, 0.2) is 0 Å². The maximum atomic E-state index is 12.2. The van der Waals surface area contributed by atoms with Crippen LogP contribution in [0, 0.1) is 0 Å². The number of carbonyl (C=O) groups excluding carboxylic acids is 1. The van der Waals surface area contributed by atoms with Gasteiger partial charge < -0.3 is 84.2 Å². The van der Waals surface area contributed by atoms with Crippen LogP contribution in [0.4, 0.5) is 0 Å². The molecule has 39 heavy (non-hydrogen) atoms. The van der Waals surface area contributed by atoms with Crippen molar-refractivity contribution in [3.05, 3.63) is 0 Å². The fourth-order valence-electron chi connectivity index (χ4n) is 5.17. The minimum absolute atomic E-state index is 0.0869. The van der Waals surface area contributed by atoms with Gasteiger partial charge >= 0.3 is 0 Å². The van der Waals surface area contributed by atoms with Crippen LogP contribution in [-0.2, 0) is 23.7 Å². The predicted octanol–water partition coefficient (Wildman–Crippen LogP) is -7.46. The zero-order chi connectivity index (χ0) is 29.0. The maximum Gasteiger partial charge on any atom is 0.220 e. The molecule has 3 fully saturated rings. The summed E-state index contributed by atoms with van der Waals surface area (Å²) in [6, 6.07) is -4.89. The number of nitrogens with one attached hydrogen (secondary N) is 1. The molecule has 1 amide bonds. The van der Waals surface area contributed by atoms with Gasteiger partial charge in [-0.25, -0.2) is 0 Å². The first-order valence-corrected chi connectivity index (χ1v) is 13.1. The predicted molar refractivity (Wildman–Crippen MR) is 134 cm³/mol. The Kier molecular flexibility index (Phi) is 11.8. The normalized spacial score (nSPS) is 47.1. The number of hydrogen-bond acceptors (Lipinski definition) is 16. The van der Waals surface area contributed by atoms with E-state index in [1.165, 1.54) is 0 Å². The molecule has 17 nitrogen and oxygen atoms in total. The number of nitrogens with two attached hydrogens (primary N) is 6. The summed E-state index contributed by atoms with van der Waals surface area (Å²) < 4.78 is 23.1. The van der Waals surface area contributed by atoms with Gasteiger partial charge in [-0.2, -0.15) is 0 Å². The third kappa shape index (κ3) is 7.21. The third-order valence-electron chi connectivity index (χ3n) is 7.54. The SMILES string of the molecule is NCCCC(=O)N[C@H]1[C@H](O)[C@@H](N)[C@@H](O[C@H]2[C@H](O)[C@@H](O[C@H]3O[C@H](CO)[C@@H](O)[C@H](N)[C@H]3O)[C@H](N)C[C@@H]2N)O[C@@H]1CN. The highest BCUT2D eigenvalue weighted by atomic mass is 16.7. The van der Waals surface area contributed by atoms with E-state index in [1.807, 2.05) is 0 Å². The Balaban J connectivity index is 1.70. The number of aliphatic hydroxyl groups excluding tert-OH is 5. The van der Waals surface area contributed by atoms with E-state index in [0.717, 1.165) is 0 Å². The third-order valence-corrected chi connectivity index (χ3v) is 7.54. The van der Waals surface area contributed by atoms with E-state index in [-0.39, 0.29) is 25.3 Å². The van der Waals surface area contributed by atoms with Crippen LogP contribution in [0.5, 0.6) is 0 Å². The van der Waals surface area contributed by atoms with Crippen LogP contribution in [-0.4, -0.2) is 143 Å². The van der Waals surface area contributed by atoms with Gasteiger partial charge in [0.25, 0.3) is 0 Å². The fraction of sp³-hybridized carbons (Fsp3) is 0.955. The van der Waals surface area contributed by atoms with Gasteiger partial charge in [-0.05, 0) is 19.4 Å². The highest BCUT2D eigenvalue weighted by molar-refractivity contribution is 5.76. The molecule has 3 rings (SSSR count). The first-order valence-electron chi connectivity index (χ1n) is 13.1. The van der Waals surface area contributed by atoms with Gasteiger partial charge in [-0.1, -0.05) is 0 Å². The van der Waals surface area contributed by atoms with E-state index in [1.54, 1.807) is 0 Å². The Bertz CT molecular complexity index is 785. The highest BCUT2D eigenvalue weighted by Gasteiger charge is 2.51. The number of ether oxygens (including phenoxy) is 4. The van der Waals surface area contributed by atoms with Crippen molar-refractivity contribution >= 4 is 5.91 Å². The lowest BCUT2D eigenvalue weighted by atomic mass is 9.84. The van der Waals surface area contributed by atoms with Gasteiger partial charge in [0.05, 0.1) is 36.9 Å². The van der Waals surface area contributed by atoms with E-state index >= 15 is 0 Å². The van der Waals surface area contributed by atoms with Gasteiger partial charge in [-0.3, -0.25) is 4.79 Å². The zero-order valence-electron chi connectivity index (χ0n) is 21.6. The van der Waals surface area contributed by atoms with Crippen molar-refractivity contribution in [2.75, 3.05) is 19.7 Å². The Morgan fingerprint density at radius 1 is 0.821 bits per heavy atom. The molecule has 0 aromatic rings. The van der Waals surface area contributed by atoms with Crippen LogP contribution in [0.2, 0.25) is 0 Å². The molecule has 0 unspecified atom stereocenters. The minimum atomic E-state index is -1.50. The Labute approximate surface area is 226 Å². The molecule has 228 valence electrons. The average Bonchev–Trinajstić information content (AvgIpc) is 2.91. The summed E-state index contributed by atoms with van der Waals surface area (Å²) in [5, 5.41) is 54.7. The monoisotopic (exact) mass is 567 g/mol. The molecule has 0 aromatic carbocycles. The van der Waals surface area contributed by atoms with E-state index in [2.05, 4.69) is 5.32 Å². The van der Waals surface area contributed by atoms with Crippen LogP contribution >= 0.6 is 0 Å². The van der Waals surface area contributed by atoms with Crippen molar-refractivity contribution in [2.45, 2.75) is 111 Å². The summed E-state index contributed by atoms with van der Waals surface area (Å²) >= 11 is 0. The standard InChI is InChI=1S/C22H45N7O10/c23-3-1-2-11(31)29-14-9(5-24)36-21(13(28)16(14)33)38-19-7(25)4-8(26)20(18(19)35)39-22-17(34)12(27)15(32)10(6-30)37-22/h7-10,12-22,30,32-35H,1-6,23-28H2,(H,29,31)/t7-,8+,9+,10+,12-,13+,14+,15+,16+,17+,18-,19+,20-,21+,22+/m0/s1. The number of hydrogen-bond donors (Lipinski definition) is 12. The Morgan fingerprint density at radius 2 is 1.41 bits per heavy atom. The van der Waals surface area contributed by atoms with E-state index in [9.17, 15) is 30.3 Å². The van der Waals surface area contributed by atoms with Gasteiger partial charge in [0.2, 0.25) is 5.91 Å². The molecule has 0 aromatic heterocycles. The topological polar surface area (TPSA) is 323 Å². The molecule has 0 spiro atoms. The average molecular weight is 568 g/mol. The summed E-state index contributed by atoms with van der Waals surface area (Å²) in [5.41, 5.74) is 35.7. The highest BCUT2D eigenvalue weighted by Crippen LogP contribution is 2.31. The summed E-state index contributed by atoms with van der Waals surface area (Å²) in [6.45, 7) is -0.350. The molecular weight excluding hydrogens is 522 g/mol. The molecule has 3 aliphatic rings. The number of carbonyl (C=O) groups is 1. The molecule has 2 saturated heterocycles. The largest absolute Gasteiger partial charge is 0.394 e. The Morgan fingerprint density at radius 3 is 1.97 bits per heavy atom. The van der Waals surface area contributed by atoms with Crippen LogP contribution in [0.3, 0.4) is 0 Å². The second-order valence-corrected chi connectivity index (χ2v) is 10.4. The van der Waals surface area contributed by atoms with Gasteiger partial charge in [0, 0.05) is 25.0 Å².